The largest absolute Gasteiger partial charge is 0.490 e. The van der Waals surface area contributed by atoms with Crippen LogP contribution >= 0.6 is 0 Å². The van der Waals surface area contributed by atoms with Crippen molar-refractivity contribution in [1.82, 2.24) is 10.4 Å². The molecule has 3 aliphatic rings. The Balaban J connectivity index is 1.63. The van der Waals surface area contributed by atoms with E-state index in [0.717, 1.165) is 37.2 Å². The zero-order valence-corrected chi connectivity index (χ0v) is 13.3. The van der Waals surface area contributed by atoms with E-state index < -0.39 is 5.91 Å². The van der Waals surface area contributed by atoms with Crippen molar-refractivity contribution in [2.24, 2.45) is 0 Å². The van der Waals surface area contributed by atoms with Crippen molar-refractivity contribution in [3.63, 3.8) is 0 Å². The maximum Gasteiger partial charge on any atom is 0.274 e. The topological polar surface area (TPSA) is 61.8 Å². The molecule has 1 saturated carbocycles. The average Bonchev–Trinajstić information content (AvgIpc) is 2.56. The molecule has 5 heteroatoms. The second-order valence-corrected chi connectivity index (χ2v) is 6.52. The summed E-state index contributed by atoms with van der Waals surface area (Å²) in [7, 11) is 0. The third-order valence-corrected chi connectivity index (χ3v) is 4.91. The lowest BCUT2D eigenvalue weighted by atomic mass is 9.86. The first-order chi connectivity index (χ1) is 11.7. The van der Waals surface area contributed by atoms with Gasteiger partial charge >= 0.3 is 0 Å². The Morgan fingerprint density at radius 1 is 1.21 bits per heavy atom. The third kappa shape index (κ3) is 2.88. The lowest BCUT2D eigenvalue weighted by Crippen LogP contribution is -2.50. The molecule has 2 heterocycles. The van der Waals surface area contributed by atoms with Gasteiger partial charge in [0.25, 0.3) is 5.91 Å². The van der Waals surface area contributed by atoms with E-state index in [9.17, 15) is 4.79 Å². The van der Waals surface area contributed by atoms with Crippen molar-refractivity contribution in [2.45, 2.75) is 38.1 Å². The number of carbonyl (C=O) groups excluding carboxylic acids is 1. The van der Waals surface area contributed by atoms with E-state index in [-0.39, 0.29) is 6.10 Å². The molecule has 0 atom stereocenters. The first-order valence-electron chi connectivity index (χ1n) is 8.25. The first kappa shape index (κ1) is 15.2. The maximum atomic E-state index is 11.7. The van der Waals surface area contributed by atoms with Crippen LogP contribution in [-0.2, 0) is 13.1 Å². The summed E-state index contributed by atoms with van der Waals surface area (Å²) in [5.41, 5.74) is 4.40. The van der Waals surface area contributed by atoms with Gasteiger partial charge in [-0.05, 0) is 23.8 Å². The molecule has 0 radical (unpaired) electrons. The van der Waals surface area contributed by atoms with Crippen LogP contribution in [0.4, 0.5) is 0 Å². The van der Waals surface area contributed by atoms with Gasteiger partial charge in [0.2, 0.25) is 0 Å². The summed E-state index contributed by atoms with van der Waals surface area (Å²) in [6.07, 6.45) is 2.35. The smallest absolute Gasteiger partial charge is 0.274 e. The number of nitrogens with zero attached hydrogens (tertiary/aromatic N) is 1. The van der Waals surface area contributed by atoms with Crippen molar-refractivity contribution < 1.29 is 14.7 Å². The number of benzene rings is 2. The van der Waals surface area contributed by atoms with E-state index in [2.05, 4.69) is 29.2 Å². The van der Waals surface area contributed by atoms with Crippen LogP contribution in [-0.4, -0.2) is 28.2 Å². The summed E-state index contributed by atoms with van der Waals surface area (Å²) in [5, 5.41) is 8.85. The summed E-state index contributed by atoms with van der Waals surface area (Å²) in [5.74, 6) is 0.338. The predicted molar refractivity (Wildman–Crippen MR) is 88.8 cm³/mol. The monoisotopic (exact) mass is 324 g/mol. The van der Waals surface area contributed by atoms with Gasteiger partial charge in [0.15, 0.2) is 0 Å². The second kappa shape index (κ2) is 6.26. The number of hydrogen-bond donors (Lipinski definition) is 2. The molecule has 2 bridgehead atoms. The maximum absolute atomic E-state index is 11.7. The Kier molecular flexibility index (Phi) is 3.96. The van der Waals surface area contributed by atoms with Gasteiger partial charge in [-0.3, -0.25) is 14.9 Å². The van der Waals surface area contributed by atoms with Crippen LogP contribution < -0.4 is 10.2 Å². The molecule has 5 nitrogen and oxygen atoms in total. The van der Waals surface area contributed by atoms with E-state index in [1.165, 1.54) is 5.56 Å². The van der Waals surface area contributed by atoms with E-state index in [1.54, 1.807) is 11.5 Å². The summed E-state index contributed by atoms with van der Waals surface area (Å²) in [4.78, 5) is 14.1. The predicted octanol–water partition coefficient (Wildman–Crippen LogP) is 2.73. The number of hydroxylamine groups is 1. The molecular formula is C19H20N2O3. The van der Waals surface area contributed by atoms with Gasteiger partial charge in [0.1, 0.15) is 11.9 Å². The number of nitrogens with one attached hydrogen (secondary N) is 1. The zero-order chi connectivity index (χ0) is 16.5. The Labute approximate surface area is 140 Å². The van der Waals surface area contributed by atoms with Crippen LogP contribution in [0.15, 0.2) is 48.5 Å². The quantitative estimate of drug-likeness (QED) is 0.673. The minimum absolute atomic E-state index is 0.254. The van der Waals surface area contributed by atoms with E-state index in [1.807, 2.05) is 18.2 Å². The molecule has 0 saturated heterocycles. The third-order valence-electron chi connectivity index (χ3n) is 4.91. The molecule has 0 spiro atoms. The highest BCUT2D eigenvalue weighted by Gasteiger charge is 2.37. The standard InChI is InChI=1S/C19H20N2O3/c22-19(20-23)14-6-7-18-15(8-14)12-21(16-9-17(10-16)24-18)11-13-4-2-1-3-5-13/h1-8,16-17,23H,9-12H2,(H,20,22). The summed E-state index contributed by atoms with van der Waals surface area (Å²) < 4.78 is 6.05. The van der Waals surface area contributed by atoms with Crippen LogP contribution in [0.25, 0.3) is 0 Å². The summed E-state index contributed by atoms with van der Waals surface area (Å²) in [6, 6.07) is 16.3. The molecule has 0 unspecified atom stereocenters. The Hall–Kier alpha value is -2.37. The molecule has 5 rings (SSSR count). The van der Waals surface area contributed by atoms with Crippen LogP contribution in [0.3, 0.4) is 0 Å². The molecule has 2 aromatic rings. The van der Waals surface area contributed by atoms with Crippen molar-refractivity contribution >= 4 is 5.91 Å². The fourth-order valence-electron chi connectivity index (χ4n) is 3.49. The molecule has 124 valence electrons. The number of rotatable bonds is 3. The number of carbonyl (C=O) groups is 1. The van der Waals surface area contributed by atoms with Gasteiger partial charge in [0, 0.05) is 43.1 Å². The lowest BCUT2D eigenvalue weighted by molar-refractivity contribution is -0.00430. The van der Waals surface area contributed by atoms with Crippen LogP contribution in [0, 0.1) is 0 Å². The molecule has 0 aromatic heterocycles. The van der Waals surface area contributed by atoms with E-state index in [0.29, 0.717) is 11.6 Å². The van der Waals surface area contributed by atoms with Gasteiger partial charge in [-0.15, -0.1) is 0 Å². The fourth-order valence-corrected chi connectivity index (χ4v) is 3.49. The van der Waals surface area contributed by atoms with Gasteiger partial charge in [-0.2, -0.15) is 0 Å². The number of amides is 1. The highest BCUT2D eigenvalue weighted by molar-refractivity contribution is 5.93. The molecule has 2 aliphatic heterocycles. The molecular weight excluding hydrogens is 304 g/mol. The lowest BCUT2D eigenvalue weighted by Gasteiger charge is -2.45. The van der Waals surface area contributed by atoms with Crippen molar-refractivity contribution in [1.29, 1.82) is 0 Å². The van der Waals surface area contributed by atoms with Crippen LogP contribution in [0.2, 0.25) is 0 Å². The van der Waals surface area contributed by atoms with Crippen LogP contribution in [0.5, 0.6) is 5.75 Å². The van der Waals surface area contributed by atoms with Gasteiger partial charge in [-0.1, -0.05) is 30.3 Å². The Morgan fingerprint density at radius 2 is 2.00 bits per heavy atom. The molecule has 2 aromatic carbocycles. The number of fused-ring (bicyclic) bond motifs is 1. The van der Waals surface area contributed by atoms with Gasteiger partial charge < -0.3 is 4.74 Å². The minimum atomic E-state index is -0.500. The molecule has 2 N–H and O–H groups in total. The minimum Gasteiger partial charge on any atom is -0.490 e. The van der Waals surface area contributed by atoms with E-state index in [4.69, 9.17) is 9.94 Å². The highest BCUT2D eigenvalue weighted by Crippen LogP contribution is 2.37. The number of hydrogen-bond acceptors (Lipinski definition) is 4. The Morgan fingerprint density at radius 3 is 2.75 bits per heavy atom. The highest BCUT2D eigenvalue weighted by atomic mass is 16.5. The van der Waals surface area contributed by atoms with Crippen LogP contribution in [0.1, 0.15) is 34.3 Å². The molecule has 1 aliphatic carbocycles. The molecule has 1 fully saturated rings. The average molecular weight is 324 g/mol. The SMILES string of the molecule is O=C(NO)c1ccc2c(c1)CN(Cc1ccccc1)C1CC(C1)O2. The van der Waals surface area contributed by atoms with Crippen molar-refractivity contribution in [2.75, 3.05) is 0 Å². The van der Waals surface area contributed by atoms with E-state index >= 15 is 0 Å². The van der Waals surface area contributed by atoms with Gasteiger partial charge in [0.05, 0.1) is 0 Å². The van der Waals surface area contributed by atoms with Crippen molar-refractivity contribution in [3.05, 3.63) is 65.2 Å². The zero-order valence-electron chi connectivity index (χ0n) is 13.3. The van der Waals surface area contributed by atoms with Crippen molar-refractivity contribution in [3.8, 4) is 5.75 Å². The fraction of sp³-hybridized carbons (Fsp3) is 0.316. The molecule has 24 heavy (non-hydrogen) atoms. The van der Waals surface area contributed by atoms with Gasteiger partial charge in [-0.25, -0.2) is 5.48 Å². The first-order valence-corrected chi connectivity index (χ1v) is 8.25. The summed E-state index contributed by atoms with van der Waals surface area (Å²) >= 11 is 0. The summed E-state index contributed by atoms with van der Waals surface area (Å²) in [6.45, 7) is 1.61. The Bertz CT molecular complexity index is 742. The normalized spacial score (nSPS) is 22.4. The number of ether oxygens (including phenoxy) is 1. The molecule has 1 amide bonds. The second-order valence-electron chi connectivity index (χ2n) is 6.52.